The van der Waals surface area contributed by atoms with Crippen molar-refractivity contribution in [1.29, 1.82) is 0 Å². The van der Waals surface area contributed by atoms with Crippen LogP contribution in [0.1, 0.15) is 23.4 Å². The molecule has 6 heteroatoms. The van der Waals surface area contributed by atoms with Crippen molar-refractivity contribution < 1.29 is 4.79 Å². The number of carbonyl (C=O) groups excluding carboxylic acids is 1. The Labute approximate surface area is 141 Å². The van der Waals surface area contributed by atoms with Gasteiger partial charge in [-0.1, -0.05) is 23.7 Å². The second-order valence-corrected chi connectivity index (χ2v) is 6.41. The second kappa shape index (κ2) is 7.15. The lowest BCUT2D eigenvalue weighted by atomic mass is 10.1. The maximum atomic E-state index is 12.1. The lowest BCUT2D eigenvalue weighted by Gasteiger charge is -2.17. The zero-order chi connectivity index (χ0) is 16.2. The predicted molar refractivity (Wildman–Crippen MR) is 90.3 cm³/mol. The summed E-state index contributed by atoms with van der Waals surface area (Å²) in [5.74, 6) is 0.211. The van der Waals surface area contributed by atoms with Crippen molar-refractivity contribution >= 4 is 17.5 Å². The van der Waals surface area contributed by atoms with Gasteiger partial charge in [-0.3, -0.25) is 4.79 Å². The van der Waals surface area contributed by atoms with E-state index in [9.17, 15) is 4.79 Å². The zero-order valence-electron chi connectivity index (χ0n) is 13.2. The molecule has 1 amide bonds. The minimum atomic E-state index is 0.193. The summed E-state index contributed by atoms with van der Waals surface area (Å²) in [6.07, 6.45) is 3.08. The number of halogens is 1. The van der Waals surface area contributed by atoms with Crippen molar-refractivity contribution in [3.05, 3.63) is 52.6 Å². The largest absolute Gasteiger partial charge is 0.348 e. The van der Waals surface area contributed by atoms with Gasteiger partial charge in [0.15, 0.2) is 0 Å². The Kier molecular flexibility index (Phi) is 4.98. The molecule has 0 unspecified atom stereocenters. The number of aryl methyl sites for hydroxylation is 1. The highest BCUT2D eigenvalue weighted by atomic mass is 35.5. The molecule has 2 aromatic rings. The predicted octanol–water partition coefficient (Wildman–Crippen LogP) is 2.30. The number of benzene rings is 1. The highest BCUT2D eigenvalue weighted by molar-refractivity contribution is 6.30. The number of likely N-dealkylation sites (tertiary alicyclic amines) is 1. The maximum absolute atomic E-state index is 12.1. The number of nitrogens with zero attached hydrogens (tertiary/aromatic N) is 2. The van der Waals surface area contributed by atoms with Crippen molar-refractivity contribution in [3.63, 3.8) is 0 Å². The number of hydrogen-bond donors (Lipinski definition) is 2. The number of hydrogen-bond acceptors (Lipinski definition) is 3. The standard InChI is InChI=1S/C17H21ClN4O/c1-12-16(21-11-20-12)9-19-15-8-17(23)22(10-15)6-5-13-3-2-4-14(18)7-13/h2-4,7,11,15,19H,5-6,8-10H2,1H3,(H,20,21)/t15-/m0/s1. The molecule has 0 spiro atoms. The van der Waals surface area contributed by atoms with Crippen LogP contribution in [0.5, 0.6) is 0 Å². The third kappa shape index (κ3) is 4.12. The molecule has 1 aliphatic rings. The Morgan fingerprint density at radius 3 is 3.09 bits per heavy atom. The molecule has 2 N–H and O–H groups in total. The molecule has 122 valence electrons. The van der Waals surface area contributed by atoms with Crippen molar-refractivity contribution in [2.24, 2.45) is 0 Å². The third-order valence-corrected chi connectivity index (χ3v) is 4.50. The Bertz CT molecular complexity index is 685. The van der Waals surface area contributed by atoms with Gasteiger partial charge >= 0.3 is 0 Å². The fourth-order valence-electron chi connectivity index (χ4n) is 2.89. The average Bonchev–Trinajstić information content (AvgIpc) is 3.09. The van der Waals surface area contributed by atoms with Crippen molar-refractivity contribution in [3.8, 4) is 0 Å². The van der Waals surface area contributed by atoms with E-state index in [1.165, 1.54) is 0 Å². The Morgan fingerprint density at radius 2 is 2.35 bits per heavy atom. The topological polar surface area (TPSA) is 61.0 Å². The molecular formula is C17H21ClN4O. The second-order valence-electron chi connectivity index (χ2n) is 5.98. The SMILES string of the molecule is Cc1[nH]cnc1CN[C@H]1CC(=O)N(CCc2cccc(Cl)c2)C1. The molecule has 1 aromatic heterocycles. The molecule has 1 fully saturated rings. The summed E-state index contributed by atoms with van der Waals surface area (Å²) in [6, 6.07) is 8.00. The molecule has 1 aliphatic heterocycles. The Hall–Kier alpha value is -1.85. The molecule has 0 radical (unpaired) electrons. The van der Waals surface area contributed by atoms with E-state index in [1.54, 1.807) is 6.33 Å². The van der Waals surface area contributed by atoms with Crippen LogP contribution in [-0.4, -0.2) is 39.9 Å². The van der Waals surface area contributed by atoms with E-state index in [1.807, 2.05) is 36.1 Å². The van der Waals surface area contributed by atoms with Crippen molar-refractivity contribution in [2.75, 3.05) is 13.1 Å². The number of amides is 1. The highest BCUT2D eigenvalue weighted by Crippen LogP contribution is 2.15. The van der Waals surface area contributed by atoms with E-state index in [2.05, 4.69) is 15.3 Å². The van der Waals surface area contributed by atoms with Crippen LogP contribution in [0, 0.1) is 6.92 Å². The number of aromatic nitrogens is 2. The summed E-state index contributed by atoms with van der Waals surface area (Å²) in [5, 5.41) is 4.17. The van der Waals surface area contributed by atoms with Crippen LogP contribution in [-0.2, 0) is 17.8 Å². The molecule has 0 aliphatic carbocycles. The summed E-state index contributed by atoms with van der Waals surface area (Å²) in [7, 11) is 0. The molecule has 1 saturated heterocycles. The summed E-state index contributed by atoms with van der Waals surface area (Å²) in [6.45, 7) is 4.18. The van der Waals surface area contributed by atoms with Crippen LogP contribution in [0.2, 0.25) is 5.02 Å². The van der Waals surface area contributed by atoms with E-state index in [0.29, 0.717) is 13.0 Å². The van der Waals surface area contributed by atoms with E-state index < -0.39 is 0 Å². The van der Waals surface area contributed by atoms with Gasteiger partial charge in [0.2, 0.25) is 5.91 Å². The summed E-state index contributed by atoms with van der Waals surface area (Å²) in [4.78, 5) is 21.4. The molecule has 0 saturated carbocycles. The summed E-state index contributed by atoms with van der Waals surface area (Å²) in [5.41, 5.74) is 3.24. The number of carbonyl (C=O) groups is 1. The zero-order valence-corrected chi connectivity index (χ0v) is 13.9. The van der Waals surface area contributed by atoms with Gasteiger partial charge in [-0.25, -0.2) is 4.98 Å². The fourth-order valence-corrected chi connectivity index (χ4v) is 3.10. The minimum Gasteiger partial charge on any atom is -0.348 e. The molecule has 2 heterocycles. The van der Waals surface area contributed by atoms with Gasteiger partial charge in [-0.2, -0.15) is 0 Å². The van der Waals surface area contributed by atoms with Gasteiger partial charge in [0.25, 0.3) is 0 Å². The van der Waals surface area contributed by atoms with Crippen LogP contribution in [0.25, 0.3) is 0 Å². The van der Waals surface area contributed by atoms with Crippen molar-refractivity contribution in [2.45, 2.75) is 32.4 Å². The van der Waals surface area contributed by atoms with Crippen molar-refractivity contribution in [1.82, 2.24) is 20.2 Å². The molecule has 1 atom stereocenters. The van der Waals surface area contributed by atoms with E-state index in [-0.39, 0.29) is 11.9 Å². The third-order valence-electron chi connectivity index (χ3n) is 4.27. The average molecular weight is 333 g/mol. The number of H-pyrrole nitrogens is 1. The quantitative estimate of drug-likeness (QED) is 0.853. The molecular weight excluding hydrogens is 312 g/mol. The first-order valence-electron chi connectivity index (χ1n) is 7.86. The summed E-state index contributed by atoms with van der Waals surface area (Å²) >= 11 is 6.00. The molecule has 1 aromatic carbocycles. The van der Waals surface area contributed by atoms with Crippen LogP contribution in [0.4, 0.5) is 0 Å². The van der Waals surface area contributed by atoms with Gasteiger partial charge in [0, 0.05) is 42.8 Å². The molecule has 5 nitrogen and oxygen atoms in total. The van der Waals surface area contributed by atoms with E-state index >= 15 is 0 Å². The smallest absolute Gasteiger partial charge is 0.224 e. The van der Waals surface area contributed by atoms with Gasteiger partial charge in [0.05, 0.1) is 12.0 Å². The van der Waals surface area contributed by atoms with Gasteiger partial charge < -0.3 is 15.2 Å². The lowest BCUT2D eigenvalue weighted by Crippen LogP contribution is -2.33. The normalized spacial score (nSPS) is 17.9. The minimum absolute atomic E-state index is 0.193. The van der Waals surface area contributed by atoms with E-state index in [4.69, 9.17) is 11.6 Å². The summed E-state index contributed by atoms with van der Waals surface area (Å²) < 4.78 is 0. The number of nitrogens with one attached hydrogen (secondary N) is 2. The monoisotopic (exact) mass is 332 g/mol. The number of imidazole rings is 1. The Balaban J connectivity index is 1.48. The van der Waals surface area contributed by atoms with Gasteiger partial charge in [-0.15, -0.1) is 0 Å². The van der Waals surface area contributed by atoms with Crippen LogP contribution < -0.4 is 5.32 Å². The first kappa shape index (κ1) is 16.0. The first-order valence-corrected chi connectivity index (χ1v) is 8.24. The lowest BCUT2D eigenvalue weighted by molar-refractivity contribution is -0.127. The fraction of sp³-hybridized carbons (Fsp3) is 0.412. The van der Waals surface area contributed by atoms with E-state index in [0.717, 1.165) is 41.5 Å². The van der Waals surface area contributed by atoms with Gasteiger partial charge in [0.1, 0.15) is 0 Å². The highest BCUT2D eigenvalue weighted by Gasteiger charge is 2.28. The Morgan fingerprint density at radius 1 is 1.48 bits per heavy atom. The molecule has 23 heavy (non-hydrogen) atoms. The molecule has 3 rings (SSSR count). The maximum Gasteiger partial charge on any atom is 0.224 e. The van der Waals surface area contributed by atoms with Crippen LogP contribution >= 0.6 is 11.6 Å². The number of aromatic amines is 1. The first-order chi connectivity index (χ1) is 11.1. The van der Waals surface area contributed by atoms with Crippen LogP contribution in [0.3, 0.4) is 0 Å². The number of rotatable bonds is 6. The molecule has 0 bridgehead atoms. The van der Waals surface area contributed by atoms with Crippen LogP contribution in [0.15, 0.2) is 30.6 Å². The van der Waals surface area contributed by atoms with Gasteiger partial charge in [-0.05, 0) is 31.0 Å².